The van der Waals surface area contributed by atoms with Crippen molar-refractivity contribution in [3.05, 3.63) is 36.6 Å². The molecule has 16 heavy (non-hydrogen) atoms. The van der Waals surface area contributed by atoms with Gasteiger partial charge < -0.3 is 19.7 Å². The second-order valence-corrected chi connectivity index (χ2v) is 3.17. The molecule has 4 heteroatoms. The molecular weight excluding hydrogens is 208 g/mol. The highest BCUT2D eigenvalue weighted by atomic mass is 16.6. The van der Waals surface area contributed by atoms with Gasteiger partial charge in [0.05, 0.1) is 12.9 Å². The van der Waals surface area contributed by atoms with Crippen LogP contribution >= 0.6 is 0 Å². The fourth-order valence-electron chi connectivity index (χ4n) is 1.10. The molecular formula is C12H16O4. The van der Waals surface area contributed by atoms with Gasteiger partial charge in [0.25, 0.3) is 0 Å². The SMILES string of the molecule is CC=COCCC(O)Oc1ccccc1O. The minimum atomic E-state index is -0.987. The van der Waals surface area contributed by atoms with Gasteiger partial charge in [0.1, 0.15) is 0 Å². The van der Waals surface area contributed by atoms with Crippen molar-refractivity contribution >= 4 is 0 Å². The van der Waals surface area contributed by atoms with Crippen LogP contribution in [0.15, 0.2) is 36.6 Å². The molecule has 0 aliphatic rings. The lowest BCUT2D eigenvalue weighted by atomic mass is 10.3. The molecule has 0 bridgehead atoms. The van der Waals surface area contributed by atoms with Crippen LogP contribution in [0.5, 0.6) is 11.5 Å². The molecule has 0 aliphatic carbocycles. The summed E-state index contributed by atoms with van der Waals surface area (Å²) in [4.78, 5) is 0. The summed E-state index contributed by atoms with van der Waals surface area (Å²) in [5, 5.41) is 18.9. The normalized spacial score (nSPS) is 12.6. The third-order valence-corrected chi connectivity index (χ3v) is 1.84. The number of allylic oxidation sites excluding steroid dienone is 1. The second kappa shape index (κ2) is 6.74. The predicted molar refractivity (Wildman–Crippen MR) is 60.1 cm³/mol. The smallest absolute Gasteiger partial charge is 0.200 e. The Morgan fingerprint density at radius 3 is 2.81 bits per heavy atom. The van der Waals surface area contributed by atoms with E-state index in [0.717, 1.165) is 0 Å². The Bertz CT molecular complexity index is 336. The van der Waals surface area contributed by atoms with Crippen molar-refractivity contribution in [2.24, 2.45) is 0 Å². The van der Waals surface area contributed by atoms with Gasteiger partial charge in [-0.25, -0.2) is 0 Å². The van der Waals surface area contributed by atoms with Crippen LogP contribution in [-0.4, -0.2) is 23.1 Å². The Morgan fingerprint density at radius 2 is 2.12 bits per heavy atom. The van der Waals surface area contributed by atoms with Crippen molar-refractivity contribution in [3.8, 4) is 11.5 Å². The number of para-hydroxylation sites is 2. The standard InChI is InChI=1S/C12H16O4/c1-2-8-15-9-7-12(14)16-11-6-4-3-5-10(11)13/h2-6,8,12-14H,7,9H2,1H3. The highest BCUT2D eigenvalue weighted by Crippen LogP contribution is 2.25. The van der Waals surface area contributed by atoms with Crippen LogP contribution in [0, 0.1) is 0 Å². The molecule has 1 atom stereocenters. The number of hydrogen-bond donors (Lipinski definition) is 2. The molecule has 0 amide bonds. The minimum Gasteiger partial charge on any atom is -0.504 e. The molecule has 0 heterocycles. The summed E-state index contributed by atoms with van der Waals surface area (Å²) >= 11 is 0. The number of hydrogen-bond acceptors (Lipinski definition) is 4. The van der Waals surface area contributed by atoms with Crippen LogP contribution in [0.25, 0.3) is 0 Å². The second-order valence-electron chi connectivity index (χ2n) is 3.17. The molecule has 0 radical (unpaired) electrons. The Labute approximate surface area is 94.7 Å². The quantitative estimate of drug-likeness (QED) is 0.441. The average molecular weight is 224 g/mol. The van der Waals surface area contributed by atoms with Crippen molar-refractivity contribution in [2.45, 2.75) is 19.6 Å². The first-order chi connectivity index (χ1) is 7.74. The van der Waals surface area contributed by atoms with Crippen molar-refractivity contribution < 1.29 is 19.7 Å². The number of aromatic hydroxyl groups is 1. The number of aliphatic hydroxyl groups excluding tert-OH is 1. The molecule has 1 aromatic rings. The Kier molecular flexibility index (Phi) is 5.22. The Balaban J connectivity index is 2.34. The first-order valence-corrected chi connectivity index (χ1v) is 5.09. The molecule has 0 spiro atoms. The summed E-state index contributed by atoms with van der Waals surface area (Å²) in [7, 11) is 0. The number of phenols is 1. The van der Waals surface area contributed by atoms with E-state index < -0.39 is 6.29 Å². The molecule has 0 saturated carbocycles. The Morgan fingerprint density at radius 1 is 1.38 bits per heavy atom. The van der Waals surface area contributed by atoms with Gasteiger partial charge >= 0.3 is 0 Å². The van der Waals surface area contributed by atoms with Gasteiger partial charge in [-0.05, 0) is 19.1 Å². The number of benzene rings is 1. The molecule has 1 unspecified atom stereocenters. The minimum absolute atomic E-state index is 0.0101. The number of ether oxygens (including phenoxy) is 2. The topological polar surface area (TPSA) is 58.9 Å². The maximum atomic E-state index is 9.49. The van der Waals surface area contributed by atoms with E-state index in [4.69, 9.17) is 9.47 Å². The molecule has 0 aromatic heterocycles. The first kappa shape index (κ1) is 12.4. The summed E-state index contributed by atoms with van der Waals surface area (Å²) in [6, 6.07) is 6.49. The van der Waals surface area contributed by atoms with Crippen LogP contribution < -0.4 is 4.74 Å². The van der Waals surface area contributed by atoms with Crippen molar-refractivity contribution in [1.82, 2.24) is 0 Å². The monoisotopic (exact) mass is 224 g/mol. The van der Waals surface area contributed by atoms with Gasteiger partial charge in [-0.3, -0.25) is 0 Å². The zero-order valence-electron chi connectivity index (χ0n) is 9.17. The molecule has 1 aromatic carbocycles. The van der Waals surface area contributed by atoms with E-state index in [9.17, 15) is 10.2 Å². The van der Waals surface area contributed by atoms with Crippen LogP contribution in [0.4, 0.5) is 0 Å². The van der Waals surface area contributed by atoms with E-state index >= 15 is 0 Å². The predicted octanol–water partition coefficient (Wildman–Crippen LogP) is 2.03. The van der Waals surface area contributed by atoms with E-state index in [1.807, 2.05) is 6.92 Å². The molecule has 1 rings (SSSR count). The number of rotatable bonds is 6. The summed E-state index contributed by atoms with van der Waals surface area (Å²) in [6.45, 7) is 2.20. The van der Waals surface area contributed by atoms with E-state index in [0.29, 0.717) is 13.0 Å². The maximum Gasteiger partial charge on any atom is 0.200 e. The van der Waals surface area contributed by atoms with E-state index in [-0.39, 0.29) is 11.5 Å². The lowest BCUT2D eigenvalue weighted by molar-refractivity contribution is -0.0353. The van der Waals surface area contributed by atoms with Gasteiger partial charge in [-0.15, -0.1) is 0 Å². The zero-order valence-corrected chi connectivity index (χ0v) is 9.17. The van der Waals surface area contributed by atoms with Crippen LogP contribution in [0.1, 0.15) is 13.3 Å². The van der Waals surface area contributed by atoms with Gasteiger partial charge in [0, 0.05) is 6.42 Å². The van der Waals surface area contributed by atoms with Gasteiger partial charge in [-0.1, -0.05) is 18.2 Å². The highest BCUT2D eigenvalue weighted by molar-refractivity contribution is 5.37. The molecule has 2 N–H and O–H groups in total. The fraction of sp³-hybridized carbons (Fsp3) is 0.333. The fourth-order valence-corrected chi connectivity index (χ4v) is 1.10. The summed E-state index contributed by atoms with van der Waals surface area (Å²) in [5.74, 6) is 0.275. The zero-order chi connectivity index (χ0) is 11.8. The van der Waals surface area contributed by atoms with E-state index in [1.165, 1.54) is 6.07 Å². The van der Waals surface area contributed by atoms with Gasteiger partial charge in [-0.2, -0.15) is 0 Å². The first-order valence-electron chi connectivity index (χ1n) is 5.09. The maximum absolute atomic E-state index is 9.49. The van der Waals surface area contributed by atoms with Crippen molar-refractivity contribution in [3.63, 3.8) is 0 Å². The molecule has 0 aliphatic heterocycles. The molecule has 0 saturated heterocycles. The van der Waals surface area contributed by atoms with Gasteiger partial charge in [0.2, 0.25) is 6.29 Å². The molecule has 88 valence electrons. The lowest BCUT2D eigenvalue weighted by Crippen LogP contribution is -2.17. The lowest BCUT2D eigenvalue weighted by Gasteiger charge is -2.13. The summed E-state index contributed by atoms with van der Waals surface area (Å²) < 4.78 is 10.2. The summed E-state index contributed by atoms with van der Waals surface area (Å²) in [6.07, 6.45) is 2.65. The summed E-state index contributed by atoms with van der Waals surface area (Å²) in [5.41, 5.74) is 0. The number of aliphatic hydroxyl groups is 1. The van der Waals surface area contributed by atoms with E-state index in [1.54, 1.807) is 30.5 Å². The molecule has 4 nitrogen and oxygen atoms in total. The number of phenolic OH excluding ortho intramolecular Hbond substituents is 1. The van der Waals surface area contributed by atoms with Crippen LogP contribution in [-0.2, 0) is 4.74 Å². The van der Waals surface area contributed by atoms with Gasteiger partial charge in [0.15, 0.2) is 11.5 Å². The third-order valence-electron chi connectivity index (χ3n) is 1.84. The van der Waals surface area contributed by atoms with Crippen molar-refractivity contribution in [1.29, 1.82) is 0 Å². The largest absolute Gasteiger partial charge is 0.504 e. The van der Waals surface area contributed by atoms with E-state index in [2.05, 4.69) is 0 Å². The third kappa shape index (κ3) is 4.23. The Hall–Kier alpha value is -1.68. The average Bonchev–Trinajstić information content (AvgIpc) is 2.28. The highest BCUT2D eigenvalue weighted by Gasteiger charge is 2.08. The molecule has 0 fully saturated rings. The van der Waals surface area contributed by atoms with Crippen LogP contribution in [0.2, 0.25) is 0 Å². The van der Waals surface area contributed by atoms with Crippen molar-refractivity contribution in [2.75, 3.05) is 6.61 Å². The van der Waals surface area contributed by atoms with Crippen LogP contribution in [0.3, 0.4) is 0 Å².